The summed E-state index contributed by atoms with van der Waals surface area (Å²) in [6, 6.07) is 5.59. The number of anilines is 1. The molecule has 0 radical (unpaired) electrons. The van der Waals surface area contributed by atoms with E-state index in [0.717, 1.165) is 4.88 Å². The fourth-order valence-corrected chi connectivity index (χ4v) is 4.49. The van der Waals surface area contributed by atoms with Gasteiger partial charge in [-0.15, -0.1) is 11.3 Å². The fraction of sp³-hybridized carbons (Fsp3) is 0.294. The first kappa shape index (κ1) is 19.1. The van der Waals surface area contributed by atoms with Gasteiger partial charge in [0.1, 0.15) is 5.00 Å². The maximum Gasteiger partial charge on any atom is 0.339 e. The molecule has 0 atom stereocenters. The standard InChI is InChI=1S/C17H19NO5S2/c1-4-13-10(3)24-16(14(13)17(20)21)18-15(19)11-6-8-12(9-7-11)25(22,23)5-2/h6-9H,4-5H2,1-3H3,(H,18,19)(H,20,21). The molecule has 0 aliphatic carbocycles. The number of aromatic carboxylic acids is 1. The second kappa shape index (κ2) is 7.37. The SMILES string of the molecule is CCc1c(C)sc(NC(=O)c2ccc(S(=O)(=O)CC)cc2)c1C(=O)O. The molecule has 6 nitrogen and oxygen atoms in total. The van der Waals surface area contributed by atoms with Gasteiger partial charge in [-0.2, -0.15) is 0 Å². The Morgan fingerprint density at radius 1 is 1.16 bits per heavy atom. The van der Waals surface area contributed by atoms with Gasteiger partial charge in [0.2, 0.25) is 0 Å². The van der Waals surface area contributed by atoms with Gasteiger partial charge in [-0.25, -0.2) is 13.2 Å². The van der Waals surface area contributed by atoms with E-state index in [4.69, 9.17) is 0 Å². The monoisotopic (exact) mass is 381 g/mol. The number of carboxylic acids is 1. The number of sulfone groups is 1. The Morgan fingerprint density at radius 2 is 1.76 bits per heavy atom. The molecular formula is C17H19NO5S2. The molecule has 2 aromatic rings. The normalized spacial score (nSPS) is 11.3. The highest BCUT2D eigenvalue weighted by Crippen LogP contribution is 2.33. The Hall–Kier alpha value is -2.19. The molecule has 0 saturated carbocycles. The van der Waals surface area contributed by atoms with Crippen LogP contribution < -0.4 is 5.32 Å². The molecule has 0 spiro atoms. The second-order valence-corrected chi connectivity index (χ2v) is 8.88. The summed E-state index contributed by atoms with van der Waals surface area (Å²) in [5, 5.41) is 12.3. The highest BCUT2D eigenvalue weighted by molar-refractivity contribution is 7.91. The first-order valence-electron chi connectivity index (χ1n) is 7.71. The third kappa shape index (κ3) is 3.91. The van der Waals surface area contributed by atoms with Crippen LogP contribution in [0.3, 0.4) is 0 Å². The van der Waals surface area contributed by atoms with Gasteiger partial charge in [-0.3, -0.25) is 4.79 Å². The summed E-state index contributed by atoms with van der Waals surface area (Å²) < 4.78 is 23.6. The van der Waals surface area contributed by atoms with Crippen LogP contribution in [0.15, 0.2) is 29.2 Å². The number of benzene rings is 1. The second-order valence-electron chi connectivity index (χ2n) is 5.38. The van der Waals surface area contributed by atoms with E-state index < -0.39 is 21.7 Å². The lowest BCUT2D eigenvalue weighted by molar-refractivity contribution is 0.0697. The first-order chi connectivity index (χ1) is 11.7. The van der Waals surface area contributed by atoms with Crippen molar-refractivity contribution < 1.29 is 23.1 Å². The van der Waals surface area contributed by atoms with Crippen molar-refractivity contribution in [1.82, 2.24) is 0 Å². The van der Waals surface area contributed by atoms with Crippen LogP contribution in [0.2, 0.25) is 0 Å². The molecule has 134 valence electrons. The molecule has 25 heavy (non-hydrogen) atoms. The van der Waals surface area contributed by atoms with Crippen LogP contribution in [0.25, 0.3) is 0 Å². The Labute approximate surface area is 150 Å². The smallest absolute Gasteiger partial charge is 0.339 e. The molecule has 2 rings (SSSR count). The molecule has 1 aromatic heterocycles. The molecule has 1 amide bonds. The average molecular weight is 381 g/mol. The highest BCUT2D eigenvalue weighted by Gasteiger charge is 2.22. The number of rotatable bonds is 6. The van der Waals surface area contributed by atoms with Gasteiger partial charge in [0, 0.05) is 10.4 Å². The number of hydrogen-bond donors (Lipinski definition) is 2. The Morgan fingerprint density at radius 3 is 2.24 bits per heavy atom. The van der Waals surface area contributed by atoms with Crippen molar-refractivity contribution in [2.24, 2.45) is 0 Å². The number of hydrogen-bond acceptors (Lipinski definition) is 5. The predicted molar refractivity (Wildman–Crippen MR) is 97.5 cm³/mol. The van der Waals surface area contributed by atoms with Crippen molar-refractivity contribution >= 4 is 38.1 Å². The number of thiophene rings is 1. The van der Waals surface area contributed by atoms with E-state index in [-0.39, 0.29) is 26.8 Å². The summed E-state index contributed by atoms with van der Waals surface area (Å²) in [6.45, 7) is 5.23. The summed E-state index contributed by atoms with van der Waals surface area (Å²) in [7, 11) is -3.33. The maximum atomic E-state index is 12.4. The lowest BCUT2D eigenvalue weighted by Crippen LogP contribution is -2.14. The number of carbonyl (C=O) groups is 2. The third-order valence-corrected chi connectivity index (χ3v) is 6.67. The molecule has 0 fully saturated rings. The van der Waals surface area contributed by atoms with Crippen molar-refractivity contribution in [1.29, 1.82) is 0 Å². The van der Waals surface area contributed by atoms with Crippen molar-refractivity contribution in [2.75, 3.05) is 11.1 Å². The fourth-order valence-electron chi connectivity index (χ4n) is 2.47. The van der Waals surface area contributed by atoms with Crippen LogP contribution in [0.5, 0.6) is 0 Å². The van der Waals surface area contributed by atoms with E-state index in [0.29, 0.717) is 12.0 Å². The first-order valence-corrected chi connectivity index (χ1v) is 10.2. The van der Waals surface area contributed by atoms with Crippen LogP contribution in [-0.4, -0.2) is 31.2 Å². The van der Waals surface area contributed by atoms with Gasteiger partial charge in [0.05, 0.1) is 16.2 Å². The van der Waals surface area contributed by atoms with Gasteiger partial charge in [0.25, 0.3) is 5.91 Å². The molecule has 1 aromatic carbocycles. The summed E-state index contributed by atoms with van der Waals surface area (Å²) in [5.74, 6) is -1.58. The molecule has 0 aliphatic rings. The van der Waals surface area contributed by atoms with E-state index in [1.807, 2.05) is 13.8 Å². The zero-order valence-corrected chi connectivity index (χ0v) is 15.8. The lowest BCUT2D eigenvalue weighted by atomic mass is 10.1. The molecule has 0 aliphatic heterocycles. The molecular weight excluding hydrogens is 362 g/mol. The Kier molecular flexibility index (Phi) is 5.64. The summed E-state index contributed by atoms with van der Waals surface area (Å²) >= 11 is 1.22. The van der Waals surface area contributed by atoms with Crippen LogP contribution >= 0.6 is 11.3 Å². The number of carboxylic acid groups (broad SMARTS) is 1. The van der Waals surface area contributed by atoms with Gasteiger partial charge in [-0.1, -0.05) is 13.8 Å². The molecule has 8 heteroatoms. The van der Waals surface area contributed by atoms with Crippen molar-refractivity contribution in [3.63, 3.8) is 0 Å². The van der Waals surface area contributed by atoms with Gasteiger partial charge in [0.15, 0.2) is 9.84 Å². The quantitative estimate of drug-likeness (QED) is 0.799. The summed E-state index contributed by atoms with van der Waals surface area (Å²) in [6.07, 6.45) is 0.559. The van der Waals surface area contributed by atoms with Crippen LogP contribution in [0, 0.1) is 6.92 Å². The van der Waals surface area contributed by atoms with Crippen LogP contribution in [0.4, 0.5) is 5.00 Å². The van der Waals surface area contributed by atoms with E-state index in [2.05, 4.69) is 5.32 Å². The molecule has 0 bridgehead atoms. The van der Waals surface area contributed by atoms with E-state index in [1.54, 1.807) is 6.92 Å². The lowest BCUT2D eigenvalue weighted by Gasteiger charge is -2.06. The highest BCUT2D eigenvalue weighted by atomic mass is 32.2. The largest absolute Gasteiger partial charge is 0.478 e. The number of carbonyl (C=O) groups excluding carboxylic acids is 1. The van der Waals surface area contributed by atoms with E-state index in [1.165, 1.54) is 35.6 Å². The van der Waals surface area contributed by atoms with Gasteiger partial charge < -0.3 is 10.4 Å². The van der Waals surface area contributed by atoms with E-state index in [9.17, 15) is 23.1 Å². The van der Waals surface area contributed by atoms with Crippen molar-refractivity contribution in [3.05, 3.63) is 45.8 Å². The Bertz CT molecular complexity index is 911. The number of nitrogens with one attached hydrogen (secondary N) is 1. The number of amides is 1. The third-order valence-electron chi connectivity index (χ3n) is 3.86. The average Bonchev–Trinajstić information content (AvgIpc) is 2.90. The van der Waals surface area contributed by atoms with Crippen molar-refractivity contribution in [3.8, 4) is 0 Å². The van der Waals surface area contributed by atoms with Crippen molar-refractivity contribution in [2.45, 2.75) is 32.1 Å². The summed E-state index contributed by atoms with van der Waals surface area (Å²) in [5.41, 5.74) is 1.08. The molecule has 2 N–H and O–H groups in total. The minimum atomic E-state index is -3.33. The van der Waals surface area contributed by atoms with Gasteiger partial charge >= 0.3 is 5.97 Å². The summed E-state index contributed by atoms with van der Waals surface area (Å²) in [4.78, 5) is 24.9. The predicted octanol–water partition coefficient (Wildman–Crippen LogP) is 3.36. The Balaban J connectivity index is 2.31. The minimum Gasteiger partial charge on any atom is -0.478 e. The minimum absolute atomic E-state index is 0.0191. The number of aryl methyl sites for hydroxylation is 1. The zero-order chi connectivity index (χ0) is 18.8. The zero-order valence-electron chi connectivity index (χ0n) is 14.1. The van der Waals surface area contributed by atoms with E-state index >= 15 is 0 Å². The van der Waals surface area contributed by atoms with Gasteiger partial charge in [-0.05, 0) is 43.2 Å². The molecule has 1 heterocycles. The molecule has 0 unspecified atom stereocenters. The maximum absolute atomic E-state index is 12.4. The molecule has 0 saturated heterocycles. The topological polar surface area (TPSA) is 101 Å². The van der Waals surface area contributed by atoms with Crippen LogP contribution in [0.1, 0.15) is 45.0 Å². The van der Waals surface area contributed by atoms with Crippen LogP contribution in [-0.2, 0) is 16.3 Å².